The summed E-state index contributed by atoms with van der Waals surface area (Å²) in [5, 5.41) is 17.6. The van der Waals surface area contributed by atoms with Crippen LogP contribution >= 0.6 is 0 Å². The van der Waals surface area contributed by atoms with Crippen LogP contribution in [0.2, 0.25) is 0 Å². The fourth-order valence-electron chi connectivity index (χ4n) is 1.78. The molecule has 0 aromatic rings. The summed E-state index contributed by atoms with van der Waals surface area (Å²) < 4.78 is 4.82. The van der Waals surface area contributed by atoms with E-state index in [0.717, 1.165) is 25.7 Å². The summed E-state index contributed by atoms with van der Waals surface area (Å²) in [6.45, 7) is 1.69. The maximum atomic E-state index is 11.3. The van der Waals surface area contributed by atoms with Gasteiger partial charge in [-0.2, -0.15) is 0 Å². The van der Waals surface area contributed by atoms with Crippen LogP contribution in [0.25, 0.3) is 0 Å². The number of allylic oxidation sites excluding steroid dienone is 2. The van der Waals surface area contributed by atoms with Crippen LogP contribution in [0.3, 0.4) is 0 Å². The Balaban J connectivity index is 3.25. The molecule has 20 heavy (non-hydrogen) atoms. The van der Waals surface area contributed by atoms with E-state index in [4.69, 9.17) is 14.9 Å². The number of hydrogen-bond acceptors (Lipinski definition) is 4. The van der Waals surface area contributed by atoms with Gasteiger partial charge in [-0.3, -0.25) is 4.79 Å². The summed E-state index contributed by atoms with van der Waals surface area (Å²) in [5.41, 5.74) is 0. The van der Waals surface area contributed by atoms with Crippen molar-refractivity contribution >= 4 is 5.97 Å². The van der Waals surface area contributed by atoms with Gasteiger partial charge in [-0.15, -0.1) is 0 Å². The van der Waals surface area contributed by atoms with E-state index in [9.17, 15) is 4.79 Å². The second kappa shape index (κ2) is 14.5. The molecule has 0 saturated heterocycles. The highest BCUT2D eigenvalue weighted by Gasteiger charge is 2.07. The van der Waals surface area contributed by atoms with Crippen molar-refractivity contribution in [1.29, 1.82) is 0 Å². The summed E-state index contributed by atoms with van der Waals surface area (Å²) in [5.74, 6) is -0.292. The van der Waals surface area contributed by atoms with Gasteiger partial charge in [0.2, 0.25) is 0 Å². The number of rotatable bonds is 13. The molecule has 1 atom stereocenters. The Morgan fingerprint density at radius 1 is 1.10 bits per heavy atom. The van der Waals surface area contributed by atoms with E-state index in [0.29, 0.717) is 6.42 Å². The summed E-state index contributed by atoms with van der Waals surface area (Å²) in [4.78, 5) is 11.3. The number of carbonyl (C=O) groups excluding carboxylic acids is 1. The van der Waals surface area contributed by atoms with Gasteiger partial charge in [0.1, 0.15) is 12.7 Å². The summed E-state index contributed by atoms with van der Waals surface area (Å²) in [6.07, 6.45) is 12.9. The largest absolute Gasteiger partial charge is 0.463 e. The van der Waals surface area contributed by atoms with Crippen LogP contribution in [0.5, 0.6) is 0 Å². The van der Waals surface area contributed by atoms with Crippen molar-refractivity contribution in [1.82, 2.24) is 0 Å². The molecule has 0 radical (unpaired) electrons. The molecule has 118 valence electrons. The average molecular weight is 286 g/mol. The summed E-state index contributed by atoms with van der Waals surface area (Å²) >= 11 is 0. The lowest BCUT2D eigenvalue weighted by Gasteiger charge is -2.08. The second-order valence-corrected chi connectivity index (χ2v) is 5.09. The van der Waals surface area contributed by atoms with E-state index in [2.05, 4.69) is 19.1 Å². The fourth-order valence-corrected chi connectivity index (χ4v) is 1.78. The number of hydrogen-bond donors (Lipinski definition) is 2. The van der Waals surface area contributed by atoms with Crippen LogP contribution in [0.1, 0.15) is 64.7 Å². The topological polar surface area (TPSA) is 66.8 Å². The third-order valence-corrected chi connectivity index (χ3v) is 3.02. The van der Waals surface area contributed by atoms with Crippen LogP contribution in [0, 0.1) is 0 Å². The number of ether oxygens (including phenoxy) is 1. The predicted octanol–water partition coefficient (Wildman–Crippen LogP) is 2.97. The van der Waals surface area contributed by atoms with Crippen LogP contribution in [-0.4, -0.2) is 35.5 Å². The molecular formula is C16H30O4. The smallest absolute Gasteiger partial charge is 0.305 e. The Labute approximate surface area is 122 Å². The highest BCUT2D eigenvalue weighted by molar-refractivity contribution is 5.69. The summed E-state index contributed by atoms with van der Waals surface area (Å²) in [7, 11) is 0. The van der Waals surface area contributed by atoms with Crippen LogP contribution in [0.15, 0.2) is 12.2 Å². The van der Waals surface area contributed by atoms with Crippen LogP contribution < -0.4 is 0 Å². The van der Waals surface area contributed by atoms with Gasteiger partial charge >= 0.3 is 5.97 Å². The number of carbonyl (C=O) groups is 1. The maximum absolute atomic E-state index is 11.3. The maximum Gasteiger partial charge on any atom is 0.305 e. The minimum Gasteiger partial charge on any atom is -0.463 e. The van der Waals surface area contributed by atoms with E-state index in [1.54, 1.807) is 0 Å². The summed E-state index contributed by atoms with van der Waals surface area (Å²) in [6, 6.07) is 0. The zero-order valence-electron chi connectivity index (χ0n) is 12.7. The zero-order chi connectivity index (χ0) is 15.1. The van der Waals surface area contributed by atoms with Gasteiger partial charge < -0.3 is 14.9 Å². The number of aliphatic hydroxyl groups is 2. The van der Waals surface area contributed by atoms with E-state index >= 15 is 0 Å². The van der Waals surface area contributed by atoms with Gasteiger partial charge in [-0.05, 0) is 25.7 Å². The lowest BCUT2D eigenvalue weighted by Crippen LogP contribution is -2.21. The predicted molar refractivity (Wildman–Crippen MR) is 80.4 cm³/mol. The van der Waals surface area contributed by atoms with Gasteiger partial charge in [0, 0.05) is 6.42 Å². The Morgan fingerprint density at radius 3 is 2.45 bits per heavy atom. The van der Waals surface area contributed by atoms with E-state index < -0.39 is 6.10 Å². The molecule has 0 fully saturated rings. The Hall–Kier alpha value is -0.870. The Kier molecular flexibility index (Phi) is 13.9. The molecule has 0 aliphatic heterocycles. The van der Waals surface area contributed by atoms with Gasteiger partial charge in [-0.25, -0.2) is 0 Å². The van der Waals surface area contributed by atoms with Crippen molar-refractivity contribution in [3.8, 4) is 0 Å². The Bertz CT molecular complexity index is 251. The molecule has 2 N–H and O–H groups in total. The normalized spacial score (nSPS) is 12.8. The molecule has 0 amide bonds. The first kappa shape index (κ1) is 19.1. The fraction of sp³-hybridized carbons (Fsp3) is 0.812. The van der Waals surface area contributed by atoms with E-state index in [1.807, 2.05) is 0 Å². The van der Waals surface area contributed by atoms with Gasteiger partial charge in [0.25, 0.3) is 0 Å². The van der Waals surface area contributed by atoms with Crippen LogP contribution in [0.4, 0.5) is 0 Å². The Morgan fingerprint density at radius 2 is 1.75 bits per heavy atom. The minimum atomic E-state index is -0.959. The lowest BCUT2D eigenvalue weighted by atomic mass is 10.1. The first-order valence-electron chi connectivity index (χ1n) is 7.80. The minimum absolute atomic E-state index is 0.112. The number of unbranched alkanes of at least 4 members (excludes halogenated alkanes) is 6. The van der Waals surface area contributed by atoms with Crippen molar-refractivity contribution in [3.05, 3.63) is 12.2 Å². The monoisotopic (exact) mass is 286 g/mol. The molecule has 0 aromatic heterocycles. The lowest BCUT2D eigenvalue weighted by molar-refractivity contribution is -0.147. The molecular weight excluding hydrogens is 256 g/mol. The van der Waals surface area contributed by atoms with E-state index in [-0.39, 0.29) is 19.2 Å². The second-order valence-electron chi connectivity index (χ2n) is 5.09. The van der Waals surface area contributed by atoms with Crippen LogP contribution in [-0.2, 0) is 9.53 Å². The standard InChI is InChI=1S/C16H30O4/c1-2-3-4-5-6-7-8-9-10-11-12-16(19)20-14-15(18)13-17/h4-5,15,17-18H,2-3,6-14H2,1H3. The highest BCUT2D eigenvalue weighted by atomic mass is 16.5. The molecule has 0 aliphatic carbocycles. The molecule has 1 unspecified atom stereocenters. The first-order valence-corrected chi connectivity index (χ1v) is 7.80. The highest BCUT2D eigenvalue weighted by Crippen LogP contribution is 2.08. The average Bonchev–Trinajstić information content (AvgIpc) is 2.46. The van der Waals surface area contributed by atoms with Crippen molar-refractivity contribution in [2.45, 2.75) is 70.8 Å². The molecule has 0 spiro atoms. The third kappa shape index (κ3) is 13.6. The number of aliphatic hydroxyl groups excluding tert-OH is 2. The molecule has 0 saturated carbocycles. The van der Waals surface area contributed by atoms with E-state index in [1.165, 1.54) is 25.7 Å². The molecule has 0 heterocycles. The molecule has 0 bridgehead atoms. The molecule has 4 nitrogen and oxygen atoms in total. The van der Waals surface area contributed by atoms with Crippen molar-refractivity contribution in [3.63, 3.8) is 0 Å². The van der Waals surface area contributed by atoms with Gasteiger partial charge in [0.15, 0.2) is 0 Å². The van der Waals surface area contributed by atoms with Gasteiger partial charge in [0.05, 0.1) is 6.61 Å². The molecule has 4 heteroatoms. The van der Waals surface area contributed by atoms with Gasteiger partial charge in [-0.1, -0.05) is 44.8 Å². The zero-order valence-corrected chi connectivity index (χ0v) is 12.7. The van der Waals surface area contributed by atoms with Crippen molar-refractivity contribution in [2.75, 3.05) is 13.2 Å². The SMILES string of the molecule is CCCC=CCCCCCCCC(=O)OCC(O)CO. The van der Waals surface area contributed by atoms with Crippen molar-refractivity contribution in [2.24, 2.45) is 0 Å². The molecule has 0 rings (SSSR count). The quantitative estimate of drug-likeness (QED) is 0.310. The van der Waals surface area contributed by atoms with Crippen molar-refractivity contribution < 1.29 is 19.7 Å². The first-order chi connectivity index (χ1) is 9.70. The number of esters is 1. The molecule has 0 aromatic carbocycles. The molecule has 0 aliphatic rings. The third-order valence-electron chi connectivity index (χ3n) is 3.02.